The van der Waals surface area contributed by atoms with Crippen LogP contribution < -0.4 is 4.90 Å². The van der Waals surface area contributed by atoms with Crippen molar-refractivity contribution in [2.75, 3.05) is 38.9 Å². The predicted molar refractivity (Wildman–Crippen MR) is 74.8 cm³/mol. The molecule has 0 amide bonds. The zero-order valence-electron chi connectivity index (χ0n) is 11.7. The summed E-state index contributed by atoms with van der Waals surface area (Å²) in [5.41, 5.74) is 1.85. The number of ether oxygens (including phenoxy) is 1. The lowest BCUT2D eigenvalue weighted by molar-refractivity contribution is -0.148. The van der Waals surface area contributed by atoms with Crippen molar-refractivity contribution in [3.63, 3.8) is 0 Å². The Morgan fingerprint density at radius 1 is 1.15 bits per heavy atom. The quantitative estimate of drug-likeness (QED) is 0.757. The van der Waals surface area contributed by atoms with Gasteiger partial charge in [0, 0.05) is 26.3 Å². The van der Waals surface area contributed by atoms with Gasteiger partial charge in [-0.25, -0.2) is 0 Å². The van der Waals surface area contributed by atoms with E-state index in [2.05, 4.69) is 0 Å². The molecule has 1 saturated heterocycles. The summed E-state index contributed by atoms with van der Waals surface area (Å²) >= 11 is 0. The molecule has 20 heavy (non-hydrogen) atoms. The molecule has 0 spiro atoms. The molecule has 0 aromatic heterocycles. The van der Waals surface area contributed by atoms with Crippen LogP contribution >= 0.6 is 0 Å². The number of anilines is 1. The SMILES string of the molecule is CN(C)c1ccc(C2C(=O)C(N3CCOC3)C2=O)cc1. The average molecular weight is 274 g/mol. The Bertz CT molecular complexity index is 517. The maximum atomic E-state index is 12.2. The summed E-state index contributed by atoms with van der Waals surface area (Å²) in [6.45, 7) is 1.64. The van der Waals surface area contributed by atoms with Crippen molar-refractivity contribution in [1.82, 2.24) is 4.90 Å². The van der Waals surface area contributed by atoms with E-state index in [4.69, 9.17) is 4.74 Å². The Kier molecular flexibility index (Phi) is 3.31. The smallest absolute Gasteiger partial charge is 0.172 e. The van der Waals surface area contributed by atoms with Crippen LogP contribution in [0.1, 0.15) is 11.5 Å². The molecule has 1 aromatic carbocycles. The van der Waals surface area contributed by atoms with Gasteiger partial charge in [0.1, 0.15) is 18.7 Å². The van der Waals surface area contributed by atoms with Crippen molar-refractivity contribution < 1.29 is 14.3 Å². The molecular weight excluding hydrogens is 256 g/mol. The first kappa shape index (κ1) is 13.3. The summed E-state index contributed by atoms with van der Waals surface area (Å²) in [5.74, 6) is -0.590. The van der Waals surface area contributed by atoms with Crippen LogP contribution in [0.2, 0.25) is 0 Å². The number of hydrogen-bond donors (Lipinski definition) is 0. The van der Waals surface area contributed by atoms with E-state index in [1.165, 1.54) is 0 Å². The van der Waals surface area contributed by atoms with Gasteiger partial charge in [-0.05, 0) is 17.7 Å². The maximum absolute atomic E-state index is 12.2. The Balaban J connectivity index is 1.75. The van der Waals surface area contributed by atoms with Gasteiger partial charge in [-0.3, -0.25) is 14.5 Å². The molecular formula is C15H18N2O3. The summed E-state index contributed by atoms with van der Waals surface area (Å²) in [6.07, 6.45) is 0. The highest BCUT2D eigenvalue weighted by molar-refractivity contribution is 6.30. The van der Waals surface area contributed by atoms with E-state index in [1.807, 2.05) is 48.2 Å². The van der Waals surface area contributed by atoms with Gasteiger partial charge in [0.2, 0.25) is 0 Å². The molecule has 1 aromatic rings. The molecule has 2 fully saturated rings. The lowest BCUT2D eigenvalue weighted by Gasteiger charge is -2.37. The molecule has 106 valence electrons. The third-order valence-corrected chi connectivity index (χ3v) is 4.00. The van der Waals surface area contributed by atoms with E-state index in [1.54, 1.807) is 0 Å². The molecule has 0 bridgehead atoms. The normalized spacial score (nSPS) is 26.7. The van der Waals surface area contributed by atoms with Crippen molar-refractivity contribution in [1.29, 1.82) is 0 Å². The van der Waals surface area contributed by atoms with E-state index in [9.17, 15) is 9.59 Å². The second-order valence-electron chi connectivity index (χ2n) is 5.48. The van der Waals surface area contributed by atoms with Crippen LogP contribution in [0.5, 0.6) is 0 Å². The van der Waals surface area contributed by atoms with Crippen LogP contribution in [0.4, 0.5) is 5.69 Å². The molecule has 1 aliphatic heterocycles. The molecule has 0 unspecified atom stereocenters. The Labute approximate surface area is 118 Å². The highest BCUT2D eigenvalue weighted by Crippen LogP contribution is 2.34. The zero-order chi connectivity index (χ0) is 14.3. The molecule has 1 saturated carbocycles. The van der Waals surface area contributed by atoms with Gasteiger partial charge in [-0.1, -0.05) is 12.1 Å². The van der Waals surface area contributed by atoms with Crippen molar-refractivity contribution in [3.05, 3.63) is 29.8 Å². The van der Waals surface area contributed by atoms with Gasteiger partial charge in [-0.2, -0.15) is 0 Å². The summed E-state index contributed by atoms with van der Waals surface area (Å²) in [4.78, 5) is 28.3. The van der Waals surface area contributed by atoms with Gasteiger partial charge in [-0.15, -0.1) is 0 Å². The standard InChI is InChI=1S/C15H18N2O3/c1-16(2)11-5-3-10(4-6-11)12-14(18)13(15(12)19)17-7-8-20-9-17/h3-6,12-13H,7-9H2,1-2H3. The fourth-order valence-electron chi connectivity index (χ4n) is 2.79. The minimum absolute atomic E-state index is 0.00176. The summed E-state index contributed by atoms with van der Waals surface area (Å²) < 4.78 is 5.21. The lowest BCUT2D eigenvalue weighted by Crippen LogP contribution is -2.59. The summed E-state index contributed by atoms with van der Waals surface area (Å²) in [6, 6.07) is 7.01. The van der Waals surface area contributed by atoms with Gasteiger partial charge in [0.25, 0.3) is 0 Å². The number of hydrogen-bond acceptors (Lipinski definition) is 5. The lowest BCUT2D eigenvalue weighted by atomic mass is 9.72. The first-order valence-electron chi connectivity index (χ1n) is 6.76. The number of Topliss-reactive ketones (excluding diaryl/α,β-unsaturated/α-hetero) is 2. The Morgan fingerprint density at radius 2 is 1.80 bits per heavy atom. The highest BCUT2D eigenvalue weighted by Gasteiger charge is 2.52. The van der Waals surface area contributed by atoms with Gasteiger partial charge in [0.15, 0.2) is 11.6 Å². The molecule has 1 aliphatic carbocycles. The number of rotatable bonds is 3. The predicted octanol–water partition coefficient (Wildman–Crippen LogP) is 0.646. The highest BCUT2D eigenvalue weighted by atomic mass is 16.5. The second-order valence-corrected chi connectivity index (χ2v) is 5.48. The summed E-state index contributed by atoms with van der Waals surface area (Å²) in [7, 11) is 3.91. The molecule has 2 aliphatic rings. The van der Waals surface area contributed by atoms with Crippen molar-refractivity contribution in [3.8, 4) is 0 Å². The van der Waals surface area contributed by atoms with Crippen molar-refractivity contribution >= 4 is 17.3 Å². The van der Waals surface area contributed by atoms with Crippen molar-refractivity contribution in [2.24, 2.45) is 0 Å². The monoisotopic (exact) mass is 274 g/mol. The van der Waals surface area contributed by atoms with E-state index < -0.39 is 12.0 Å². The number of nitrogens with zero attached hydrogens (tertiary/aromatic N) is 2. The van der Waals surface area contributed by atoms with E-state index in [0.29, 0.717) is 19.9 Å². The van der Waals surface area contributed by atoms with Crippen LogP contribution in [0, 0.1) is 0 Å². The van der Waals surface area contributed by atoms with E-state index >= 15 is 0 Å². The number of benzene rings is 1. The van der Waals surface area contributed by atoms with Crippen LogP contribution in [0.3, 0.4) is 0 Å². The van der Waals surface area contributed by atoms with E-state index in [-0.39, 0.29) is 11.6 Å². The van der Waals surface area contributed by atoms with Gasteiger partial charge >= 0.3 is 0 Å². The maximum Gasteiger partial charge on any atom is 0.172 e. The fraction of sp³-hybridized carbons (Fsp3) is 0.467. The second kappa shape index (κ2) is 5.00. The minimum atomic E-state index is -0.587. The third-order valence-electron chi connectivity index (χ3n) is 4.00. The number of carbonyl (C=O) groups excluding carboxylic acids is 2. The van der Waals surface area contributed by atoms with E-state index in [0.717, 1.165) is 11.3 Å². The van der Waals surface area contributed by atoms with Crippen LogP contribution in [0.15, 0.2) is 24.3 Å². The Hall–Kier alpha value is -1.72. The fourth-order valence-corrected chi connectivity index (χ4v) is 2.79. The molecule has 1 heterocycles. The van der Waals surface area contributed by atoms with Gasteiger partial charge in [0.05, 0.1) is 6.61 Å². The zero-order valence-corrected chi connectivity index (χ0v) is 11.7. The van der Waals surface area contributed by atoms with Crippen LogP contribution in [-0.4, -0.2) is 56.5 Å². The molecule has 0 N–H and O–H groups in total. The van der Waals surface area contributed by atoms with Crippen LogP contribution in [-0.2, 0) is 14.3 Å². The van der Waals surface area contributed by atoms with Crippen LogP contribution in [0.25, 0.3) is 0 Å². The Morgan fingerprint density at radius 3 is 2.30 bits per heavy atom. The first-order valence-corrected chi connectivity index (χ1v) is 6.76. The molecule has 5 heteroatoms. The van der Waals surface area contributed by atoms with Crippen molar-refractivity contribution in [2.45, 2.75) is 12.0 Å². The summed E-state index contributed by atoms with van der Waals surface area (Å²) in [5, 5.41) is 0. The average Bonchev–Trinajstić information content (AvgIpc) is 2.93. The largest absolute Gasteiger partial charge is 0.378 e. The number of ketones is 2. The van der Waals surface area contributed by atoms with Gasteiger partial charge < -0.3 is 9.64 Å². The molecule has 5 nitrogen and oxygen atoms in total. The minimum Gasteiger partial charge on any atom is -0.378 e. The topological polar surface area (TPSA) is 49.9 Å². The number of carbonyl (C=O) groups is 2. The molecule has 0 radical (unpaired) electrons. The first-order chi connectivity index (χ1) is 9.59. The third kappa shape index (κ3) is 2.03. The molecule has 3 rings (SSSR count). The molecule has 0 atom stereocenters.